The van der Waals surface area contributed by atoms with Gasteiger partial charge in [-0.1, -0.05) is 83.4 Å². The maximum absolute atomic E-state index is 11.2. The molecule has 2 nitrogen and oxygen atoms in total. The van der Waals surface area contributed by atoms with Crippen LogP contribution in [0.1, 0.15) is 64.4 Å². The highest BCUT2D eigenvalue weighted by molar-refractivity contribution is 9.10. The van der Waals surface area contributed by atoms with Crippen molar-refractivity contribution in [1.29, 1.82) is 0 Å². The molecule has 0 bridgehead atoms. The number of aromatic hydroxyl groups is 1. The summed E-state index contributed by atoms with van der Waals surface area (Å²) in [6.45, 7) is 4.09. The van der Waals surface area contributed by atoms with Crippen LogP contribution in [0.2, 0.25) is 0 Å². The first-order chi connectivity index (χ1) is 12.3. The van der Waals surface area contributed by atoms with E-state index in [1.807, 2.05) is 37.3 Å². The van der Waals surface area contributed by atoms with E-state index < -0.39 is 5.60 Å². The van der Waals surface area contributed by atoms with Crippen LogP contribution in [0.15, 0.2) is 45.3 Å². The zero-order valence-corrected chi connectivity index (χ0v) is 18.7. The van der Waals surface area contributed by atoms with E-state index >= 15 is 0 Å². The van der Waals surface area contributed by atoms with Gasteiger partial charge in [0, 0.05) is 14.5 Å². The summed E-state index contributed by atoms with van der Waals surface area (Å²) in [6, 6.07) is 11.3. The summed E-state index contributed by atoms with van der Waals surface area (Å²) in [5.74, 6) is 0.207. The van der Waals surface area contributed by atoms with E-state index in [2.05, 4.69) is 38.8 Å². The molecule has 1 atom stereocenters. The number of hydrogen-bond donors (Lipinski definition) is 2. The number of unbranched alkanes of at least 4 members (excludes halogenated alkanes) is 5. The Hall–Kier alpha value is -0.840. The third-order valence-electron chi connectivity index (χ3n) is 4.83. The number of hydrogen-bond acceptors (Lipinski definition) is 2. The Morgan fingerprint density at radius 2 is 1.42 bits per heavy atom. The molecule has 0 amide bonds. The quantitative estimate of drug-likeness (QED) is 0.361. The molecular weight excluding hydrogens is 456 g/mol. The Morgan fingerprint density at radius 1 is 0.846 bits per heavy atom. The molecule has 0 heterocycles. The molecule has 0 aliphatic carbocycles. The first-order valence-corrected chi connectivity index (χ1v) is 10.9. The fourth-order valence-electron chi connectivity index (χ4n) is 3.31. The normalized spacial score (nSPS) is 13.6. The number of benzene rings is 2. The van der Waals surface area contributed by atoms with Gasteiger partial charge in [0.25, 0.3) is 0 Å². The molecule has 0 spiro atoms. The summed E-state index contributed by atoms with van der Waals surface area (Å²) in [6.07, 6.45) is 7.87. The molecule has 0 fully saturated rings. The minimum atomic E-state index is -0.941. The van der Waals surface area contributed by atoms with Crippen molar-refractivity contribution in [2.45, 2.75) is 64.4 Å². The van der Waals surface area contributed by atoms with Crippen molar-refractivity contribution >= 4 is 31.9 Å². The Morgan fingerprint density at radius 3 is 2.08 bits per heavy atom. The summed E-state index contributed by atoms with van der Waals surface area (Å²) >= 11 is 6.90. The number of phenols is 1. The minimum Gasteiger partial charge on any atom is -0.507 e. The van der Waals surface area contributed by atoms with Crippen molar-refractivity contribution < 1.29 is 10.2 Å². The summed E-state index contributed by atoms with van der Waals surface area (Å²) in [5.41, 5.74) is 1.51. The molecular formula is C22H28Br2O2. The van der Waals surface area contributed by atoms with Gasteiger partial charge in [0.15, 0.2) is 0 Å². The molecule has 0 aromatic heterocycles. The van der Waals surface area contributed by atoms with Crippen molar-refractivity contribution in [3.8, 4) is 16.9 Å². The predicted octanol–water partition coefficient (Wildman–Crippen LogP) is 7.54. The summed E-state index contributed by atoms with van der Waals surface area (Å²) in [7, 11) is 0. The van der Waals surface area contributed by atoms with E-state index in [1.54, 1.807) is 6.07 Å². The third-order valence-corrected chi connectivity index (χ3v) is 5.82. The van der Waals surface area contributed by atoms with Crippen LogP contribution in [0.3, 0.4) is 0 Å². The molecule has 0 aliphatic heterocycles. The molecule has 2 aromatic carbocycles. The van der Waals surface area contributed by atoms with Gasteiger partial charge in [-0.2, -0.15) is 0 Å². The van der Waals surface area contributed by atoms with Gasteiger partial charge < -0.3 is 10.2 Å². The zero-order valence-electron chi connectivity index (χ0n) is 15.6. The van der Waals surface area contributed by atoms with Gasteiger partial charge in [-0.25, -0.2) is 0 Å². The van der Waals surface area contributed by atoms with E-state index in [9.17, 15) is 10.2 Å². The van der Waals surface area contributed by atoms with Crippen molar-refractivity contribution in [3.05, 3.63) is 50.9 Å². The highest BCUT2D eigenvalue weighted by Crippen LogP contribution is 2.40. The van der Waals surface area contributed by atoms with Crippen molar-refractivity contribution in [2.75, 3.05) is 0 Å². The van der Waals surface area contributed by atoms with Crippen molar-refractivity contribution in [2.24, 2.45) is 0 Å². The minimum absolute atomic E-state index is 0.207. The highest BCUT2D eigenvalue weighted by Gasteiger charge is 2.27. The zero-order chi connectivity index (χ0) is 19.2. The van der Waals surface area contributed by atoms with E-state index in [1.165, 1.54) is 25.7 Å². The van der Waals surface area contributed by atoms with Crippen LogP contribution < -0.4 is 0 Å². The van der Waals surface area contributed by atoms with Gasteiger partial charge in [-0.15, -0.1) is 0 Å². The SMILES string of the molecule is CCCCCCCCC(C)(O)c1cc(Br)ccc1-c1ccc(Br)cc1O. The molecule has 2 N–H and O–H groups in total. The first-order valence-electron chi connectivity index (χ1n) is 9.36. The largest absolute Gasteiger partial charge is 0.507 e. The molecule has 26 heavy (non-hydrogen) atoms. The molecule has 142 valence electrons. The molecule has 4 heteroatoms. The number of rotatable bonds is 9. The van der Waals surface area contributed by atoms with E-state index in [0.29, 0.717) is 6.42 Å². The second-order valence-corrected chi connectivity index (χ2v) is 8.97. The van der Waals surface area contributed by atoms with Crippen molar-refractivity contribution in [3.63, 3.8) is 0 Å². The van der Waals surface area contributed by atoms with Crippen LogP contribution in [-0.4, -0.2) is 10.2 Å². The van der Waals surface area contributed by atoms with Gasteiger partial charge in [0.05, 0.1) is 5.60 Å². The number of phenolic OH excluding ortho intramolecular Hbond substituents is 1. The van der Waals surface area contributed by atoms with Gasteiger partial charge in [0.2, 0.25) is 0 Å². The van der Waals surface area contributed by atoms with E-state index in [-0.39, 0.29) is 5.75 Å². The first kappa shape index (κ1) is 21.5. The Labute approximate surface area is 173 Å². The van der Waals surface area contributed by atoms with Crippen LogP contribution in [0.25, 0.3) is 11.1 Å². The van der Waals surface area contributed by atoms with E-state index in [4.69, 9.17) is 0 Å². The topological polar surface area (TPSA) is 40.5 Å². The number of halogens is 2. The summed E-state index contributed by atoms with van der Waals surface area (Å²) in [4.78, 5) is 0. The van der Waals surface area contributed by atoms with Crippen molar-refractivity contribution in [1.82, 2.24) is 0 Å². The fraction of sp³-hybridized carbons (Fsp3) is 0.455. The molecule has 0 radical (unpaired) electrons. The van der Waals surface area contributed by atoms with E-state index in [0.717, 1.165) is 38.5 Å². The Bertz CT molecular complexity index is 726. The smallest absolute Gasteiger partial charge is 0.124 e. The second-order valence-electron chi connectivity index (χ2n) is 7.14. The lowest BCUT2D eigenvalue weighted by Gasteiger charge is -2.27. The maximum atomic E-state index is 11.2. The van der Waals surface area contributed by atoms with Gasteiger partial charge in [-0.05, 0) is 54.8 Å². The average Bonchev–Trinajstić information content (AvgIpc) is 2.58. The lowest BCUT2D eigenvalue weighted by atomic mass is 9.84. The molecule has 2 rings (SSSR count). The third kappa shape index (κ3) is 5.83. The lowest BCUT2D eigenvalue weighted by molar-refractivity contribution is 0.0453. The van der Waals surface area contributed by atoms with Crippen LogP contribution in [0.5, 0.6) is 5.75 Å². The second kappa shape index (κ2) is 9.91. The summed E-state index contributed by atoms with van der Waals surface area (Å²) in [5, 5.41) is 21.6. The predicted molar refractivity (Wildman–Crippen MR) is 117 cm³/mol. The van der Waals surface area contributed by atoms with Gasteiger partial charge in [-0.3, -0.25) is 0 Å². The molecule has 0 saturated heterocycles. The van der Waals surface area contributed by atoms with Crippen LogP contribution in [0.4, 0.5) is 0 Å². The van der Waals surface area contributed by atoms with Gasteiger partial charge >= 0.3 is 0 Å². The van der Waals surface area contributed by atoms with Crippen LogP contribution in [0, 0.1) is 0 Å². The molecule has 0 aliphatic rings. The maximum Gasteiger partial charge on any atom is 0.124 e. The Balaban J connectivity index is 2.22. The van der Waals surface area contributed by atoms with Crippen LogP contribution in [-0.2, 0) is 5.60 Å². The number of aliphatic hydroxyl groups is 1. The standard InChI is InChI=1S/C22H28Br2O2/c1-3-4-5-6-7-8-13-22(2,26)20-14-16(23)9-11-18(20)19-12-10-17(24)15-21(19)25/h9-12,14-15,25-26H,3-8,13H2,1-2H3. The summed E-state index contributed by atoms with van der Waals surface area (Å²) < 4.78 is 1.76. The average molecular weight is 484 g/mol. The molecule has 1 unspecified atom stereocenters. The Kier molecular flexibility index (Phi) is 8.18. The van der Waals surface area contributed by atoms with Gasteiger partial charge in [0.1, 0.15) is 5.75 Å². The highest BCUT2D eigenvalue weighted by atomic mass is 79.9. The molecule has 0 saturated carbocycles. The molecule has 2 aromatic rings. The lowest BCUT2D eigenvalue weighted by Crippen LogP contribution is -2.22. The fourth-order valence-corrected chi connectivity index (χ4v) is 4.02. The van der Waals surface area contributed by atoms with Crippen LogP contribution >= 0.6 is 31.9 Å². The monoisotopic (exact) mass is 482 g/mol.